The monoisotopic (exact) mass is 508 g/mol. The Morgan fingerprint density at radius 1 is 0.545 bits per heavy atom. The summed E-state index contributed by atoms with van der Waals surface area (Å²) in [4.78, 5) is 68.3. The largest absolute Gasteiger partial charge is 1.00 e. The molecule has 112 valence electrons. The van der Waals surface area contributed by atoms with Crippen LogP contribution in [0.5, 0.6) is 0 Å². The van der Waals surface area contributed by atoms with Gasteiger partial charge in [0.05, 0.1) is 15.6 Å². The van der Waals surface area contributed by atoms with E-state index in [1.165, 1.54) is 0 Å². The van der Waals surface area contributed by atoms with E-state index < -0.39 is 31.3 Å². The summed E-state index contributed by atoms with van der Waals surface area (Å²) < 4.78 is 43.4. The molecule has 0 rings (SSSR count). The van der Waals surface area contributed by atoms with Crippen molar-refractivity contribution in [2.75, 3.05) is 0 Å². The van der Waals surface area contributed by atoms with Crippen LogP contribution in [0, 0.1) is 0 Å². The number of hydrogen-bond acceptors (Lipinski definition) is 10. The predicted octanol–water partition coefficient (Wildman–Crippen LogP) is -16.1. The van der Waals surface area contributed by atoms with Gasteiger partial charge in [0.25, 0.3) is 0 Å². The zero-order valence-electron chi connectivity index (χ0n) is 11.7. The van der Waals surface area contributed by atoms with Gasteiger partial charge in [-0.3, -0.25) is 0 Å². The molecule has 0 aromatic carbocycles. The third-order valence-electron chi connectivity index (χ3n) is 0.413. The molecule has 14 nitrogen and oxygen atoms in total. The summed E-state index contributed by atoms with van der Waals surface area (Å²) in [6.07, 6.45) is 0. The minimum atomic E-state index is -5.68. The number of phosphoric acid groups is 4. The van der Waals surface area contributed by atoms with Crippen LogP contribution in [-0.4, -0.2) is 19.6 Å². The second kappa shape index (κ2) is 18.8. The van der Waals surface area contributed by atoms with E-state index in [9.17, 15) is 37.8 Å². The Kier molecular flexibility index (Phi) is 36.8. The van der Waals surface area contributed by atoms with E-state index in [1.807, 2.05) is 0 Å². The van der Waals surface area contributed by atoms with Crippen LogP contribution in [0.4, 0.5) is 0 Å². The molecule has 0 bridgehead atoms. The molecule has 0 aliphatic carbocycles. The van der Waals surface area contributed by atoms with Gasteiger partial charge in [-0.05, 0) is 0 Å². The molecule has 0 saturated heterocycles. The summed E-state index contributed by atoms with van der Waals surface area (Å²) in [5.41, 5.74) is 0. The summed E-state index contributed by atoms with van der Waals surface area (Å²) in [7, 11) is -21.5. The molecular formula is H4K4O14P4. The van der Waals surface area contributed by atoms with Crippen molar-refractivity contribution in [1.82, 2.24) is 0 Å². The third kappa shape index (κ3) is 50.6. The molecule has 0 atom stereocenters. The Morgan fingerprint density at radius 3 is 0.727 bits per heavy atom. The summed E-state index contributed by atoms with van der Waals surface area (Å²) in [6, 6.07) is 0. The minimum Gasteiger partial charge on any atom is -0.790 e. The maximum Gasteiger partial charge on any atom is 1.00 e. The molecule has 0 fully saturated rings. The fraction of sp³-hybridized carbons (Fsp3) is 0. The van der Waals surface area contributed by atoms with Crippen LogP contribution in [0.2, 0.25) is 0 Å². The molecular weight excluding hydrogens is 504 g/mol. The van der Waals surface area contributed by atoms with Gasteiger partial charge in [-0.25, -0.2) is 9.13 Å². The first-order chi connectivity index (χ1) is 7.41. The van der Waals surface area contributed by atoms with Crippen molar-refractivity contribution in [2.24, 2.45) is 0 Å². The van der Waals surface area contributed by atoms with E-state index in [1.54, 1.807) is 0 Å². The predicted molar refractivity (Wildman–Crippen MR) is 41.5 cm³/mol. The molecule has 0 aliphatic heterocycles. The maximum atomic E-state index is 9.63. The SMILES string of the molecule is O=P(O)(O)OP(=O)(O)O.O=P([O-])([O-])OP(=O)([O-])[O-].[K+].[K+].[K+].[K+]. The van der Waals surface area contributed by atoms with Crippen molar-refractivity contribution in [3.63, 3.8) is 0 Å². The van der Waals surface area contributed by atoms with Gasteiger partial charge < -0.3 is 52.6 Å². The molecule has 0 spiro atoms. The fourth-order valence-electron chi connectivity index (χ4n) is 0.261. The van der Waals surface area contributed by atoms with Crippen LogP contribution in [0.3, 0.4) is 0 Å². The molecule has 0 aromatic heterocycles. The van der Waals surface area contributed by atoms with Gasteiger partial charge in [0.1, 0.15) is 0 Å². The summed E-state index contributed by atoms with van der Waals surface area (Å²) in [5.74, 6) is 0. The molecule has 0 saturated carbocycles. The summed E-state index contributed by atoms with van der Waals surface area (Å²) in [6.45, 7) is 0. The molecule has 0 radical (unpaired) electrons. The Hall–Kier alpha value is 7.07. The Bertz CT molecular complexity index is 352. The Labute approximate surface area is 294 Å². The summed E-state index contributed by atoms with van der Waals surface area (Å²) >= 11 is 0. The van der Waals surface area contributed by atoms with Crippen LogP contribution in [0.25, 0.3) is 0 Å². The van der Waals surface area contributed by atoms with Crippen LogP contribution in [0.1, 0.15) is 0 Å². The first kappa shape index (κ1) is 43.0. The maximum absolute atomic E-state index is 9.63. The van der Waals surface area contributed by atoms with E-state index in [0.29, 0.717) is 0 Å². The standard InChI is InChI=1S/4K.2H4O7P2/c;;;;2*1-8(2,3)7-9(4,5)6/h;;;;2*(H2,1,2,3)(H2,4,5,6)/q4*+1;;/p-4. The van der Waals surface area contributed by atoms with Gasteiger partial charge in [0.15, 0.2) is 0 Å². The fourth-order valence-corrected chi connectivity index (χ4v) is 2.35. The van der Waals surface area contributed by atoms with Crippen molar-refractivity contribution >= 4 is 31.3 Å². The second-order valence-corrected chi connectivity index (χ2v) is 7.10. The smallest absolute Gasteiger partial charge is 0.790 e. The van der Waals surface area contributed by atoms with Crippen molar-refractivity contribution in [1.29, 1.82) is 0 Å². The zero-order valence-corrected chi connectivity index (χ0v) is 27.7. The average Bonchev–Trinajstić information content (AvgIpc) is 1.64. The van der Waals surface area contributed by atoms with Gasteiger partial charge in [0.2, 0.25) is 0 Å². The van der Waals surface area contributed by atoms with Crippen LogP contribution in [0.15, 0.2) is 0 Å². The van der Waals surface area contributed by atoms with Gasteiger partial charge >= 0.3 is 221 Å². The second-order valence-electron chi connectivity index (χ2n) is 2.04. The Balaban J connectivity index is -0.0000000492. The molecule has 0 amide bonds. The van der Waals surface area contributed by atoms with Crippen molar-refractivity contribution in [2.45, 2.75) is 0 Å². The zero-order chi connectivity index (χ0) is 15.4. The van der Waals surface area contributed by atoms with Crippen LogP contribution in [-0.2, 0) is 26.9 Å². The number of hydrogen-bond donors (Lipinski definition) is 4. The molecule has 22 heteroatoms. The molecule has 0 heterocycles. The molecule has 0 aromatic rings. The quantitative estimate of drug-likeness (QED) is 0.203. The first-order valence-corrected chi connectivity index (χ1v) is 8.97. The minimum absolute atomic E-state index is 0. The molecule has 0 unspecified atom stereocenters. The number of rotatable bonds is 4. The Morgan fingerprint density at radius 2 is 0.727 bits per heavy atom. The molecule has 22 heavy (non-hydrogen) atoms. The molecule has 4 N–H and O–H groups in total. The van der Waals surface area contributed by atoms with E-state index in [2.05, 4.69) is 8.62 Å². The van der Waals surface area contributed by atoms with Gasteiger partial charge in [-0.2, -0.15) is 4.31 Å². The average molecular weight is 508 g/mol. The van der Waals surface area contributed by atoms with Crippen molar-refractivity contribution in [3.8, 4) is 0 Å². The van der Waals surface area contributed by atoms with E-state index in [4.69, 9.17) is 19.6 Å². The van der Waals surface area contributed by atoms with Crippen LogP contribution < -0.4 is 225 Å². The van der Waals surface area contributed by atoms with Crippen molar-refractivity contribution < 1.29 is 272 Å². The third-order valence-corrected chi connectivity index (χ3v) is 3.71. The topological polar surface area (TPSA) is 260 Å². The molecule has 0 aliphatic rings. The van der Waals surface area contributed by atoms with E-state index >= 15 is 0 Å². The van der Waals surface area contributed by atoms with Gasteiger partial charge in [0, 0.05) is 0 Å². The van der Waals surface area contributed by atoms with Gasteiger partial charge in [-0.1, -0.05) is 0 Å². The normalized spacial score (nSPS) is 11.3. The first-order valence-electron chi connectivity index (χ1n) is 2.99. The summed E-state index contributed by atoms with van der Waals surface area (Å²) in [5, 5.41) is 0. The van der Waals surface area contributed by atoms with Crippen LogP contribution >= 0.6 is 31.3 Å². The van der Waals surface area contributed by atoms with E-state index in [-0.39, 0.29) is 206 Å². The van der Waals surface area contributed by atoms with E-state index in [0.717, 1.165) is 0 Å². The van der Waals surface area contributed by atoms with Gasteiger partial charge in [-0.15, -0.1) is 0 Å². The van der Waals surface area contributed by atoms with Crippen molar-refractivity contribution in [3.05, 3.63) is 0 Å².